The number of H-pyrrole nitrogens is 1. The lowest BCUT2D eigenvalue weighted by molar-refractivity contribution is 0.0461. The standard InChI is InChI=1S/C15H19N3O2/c1-2-11-10-18(7-4-8-20-11)15(19)12-9-17-13-5-3-6-16-14(12)13/h3,5-6,9,11,17H,2,4,7-8,10H2,1H3/t11-/m1/s1. The highest BCUT2D eigenvalue weighted by Gasteiger charge is 2.24. The molecule has 1 fully saturated rings. The normalized spacial score (nSPS) is 20.1. The van der Waals surface area contributed by atoms with E-state index in [1.807, 2.05) is 17.0 Å². The van der Waals surface area contributed by atoms with Crippen LogP contribution < -0.4 is 0 Å². The third-order valence-electron chi connectivity index (χ3n) is 3.76. The molecule has 0 aromatic carbocycles. The molecule has 2 aromatic heterocycles. The zero-order valence-electron chi connectivity index (χ0n) is 11.6. The Labute approximate surface area is 117 Å². The van der Waals surface area contributed by atoms with Gasteiger partial charge in [0.15, 0.2) is 0 Å². The van der Waals surface area contributed by atoms with E-state index in [0.717, 1.165) is 37.0 Å². The molecular weight excluding hydrogens is 254 g/mol. The van der Waals surface area contributed by atoms with Gasteiger partial charge in [-0.25, -0.2) is 0 Å². The Kier molecular flexibility index (Phi) is 3.69. The summed E-state index contributed by atoms with van der Waals surface area (Å²) in [6, 6.07) is 3.79. The van der Waals surface area contributed by atoms with Crippen molar-refractivity contribution in [3.63, 3.8) is 0 Å². The van der Waals surface area contributed by atoms with Crippen LogP contribution in [0.15, 0.2) is 24.5 Å². The fourth-order valence-corrected chi connectivity index (χ4v) is 2.61. The maximum absolute atomic E-state index is 12.7. The summed E-state index contributed by atoms with van der Waals surface area (Å²) in [4.78, 5) is 22.0. The van der Waals surface area contributed by atoms with Gasteiger partial charge in [-0.2, -0.15) is 0 Å². The second-order valence-corrected chi connectivity index (χ2v) is 5.11. The van der Waals surface area contributed by atoms with Crippen molar-refractivity contribution in [3.05, 3.63) is 30.1 Å². The minimum absolute atomic E-state index is 0.0406. The molecule has 3 rings (SSSR count). The van der Waals surface area contributed by atoms with Crippen LogP contribution in [0, 0.1) is 0 Å². The van der Waals surface area contributed by atoms with Crippen LogP contribution in [0.1, 0.15) is 30.1 Å². The molecule has 106 valence electrons. The van der Waals surface area contributed by atoms with Gasteiger partial charge < -0.3 is 14.6 Å². The number of carbonyl (C=O) groups excluding carboxylic acids is 1. The van der Waals surface area contributed by atoms with E-state index in [0.29, 0.717) is 12.1 Å². The molecule has 0 bridgehead atoms. The summed E-state index contributed by atoms with van der Waals surface area (Å²) in [5.41, 5.74) is 2.29. The lowest BCUT2D eigenvalue weighted by Crippen LogP contribution is -2.36. The topological polar surface area (TPSA) is 58.2 Å². The van der Waals surface area contributed by atoms with E-state index < -0.39 is 0 Å². The van der Waals surface area contributed by atoms with Gasteiger partial charge in [-0.3, -0.25) is 9.78 Å². The number of pyridine rings is 1. The maximum atomic E-state index is 12.7. The van der Waals surface area contributed by atoms with Crippen LogP contribution in [-0.4, -0.2) is 46.6 Å². The highest BCUT2D eigenvalue weighted by molar-refractivity contribution is 6.05. The van der Waals surface area contributed by atoms with E-state index in [-0.39, 0.29) is 12.0 Å². The second kappa shape index (κ2) is 5.63. The number of nitrogens with one attached hydrogen (secondary N) is 1. The lowest BCUT2D eigenvalue weighted by atomic mass is 10.2. The second-order valence-electron chi connectivity index (χ2n) is 5.11. The van der Waals surface area contributed by atoms with Gasteiger partial charge in [0.1, 0.15) is 5.52 Å². The predicted molar refractivity (Wildman–Crippen MR) is 76.6 cm³/mol. The largest absolute Gasteiger partial charge is 0.376 e. The fraction of sp³-hybridized carbons (Fsp3) is 0.467. The van der Waals surface area contributed by atoms with Crippen molar-refractivity contribution in [1.29, 1.82) is 0 Å². The third-order valence-corrected chi connectivity index (χ3v) is 3.76. The number of nitrogens with zero attached hydrogens (tertiary/aromatic N) is 2. The van der Waals surface area contributed by atoms with Crippen LogP contribution in [0.25, 0.3) is 11.0 Å². The van der Waals surface area contributed by atoms with Gasteiger partial charge in [0.2, 0.25) is 0 Å². The Balaban J connectivity index is 1.87. The summed E-state index contributed by atoms with van der Waals surface area (Å²) in [6.45, 7) is 4.23. The Hall–Kier alpha value is -1.88. The van der Waals surface area contributed by atoms with Crippen molar-refractivity contribution >= 4 is 16.9 Å². The van der Waals surface area contributed by atoms with E-state index >= 15 is 0 Å². The van der Waals surface area contributed by atoms with Crippen molar-refractivity contribution in [2.45, 2.75) is 25.9 Å². The number of amides is 1. The van der Waals surface area contributed by atoms with Gasteiger partial charge in [0, 0.05) is 32.1 Å². The molecule has 0 radical (unpaired) electrons. The van der Waals surface area contributed by atoms with E-state index in [4.69, 9.17) is 4.74 Å². The smallest absolute Gasteiger partial charge is 0.257 e. The molecule has 5 nitrogen and oxygen atoms in total. The lowest BCUT2D eigenvalue weighted by Gasteiger charge is -2.23. The maximum Gasteiger partial charge on any atom is 0.257 e. The van der Waals surface area contributed by atoms with Crippen LogP contribution in [0.4, 0.5) is 0 Å². The molecule has 1 saturated heterocycles. The molecule has 1 aliphatic heterocycles. The number of hydrogen-bond acceptors (Lipinski definition) is 3. The van der Waals surface area contributed by atoms with E-state index in [2.05, 4.69) is 16.9 Å². The molecule has 1 amide bonds. The van der Waals surface area contributed by atoms with Gasteiger partial charge >= 0.3 is 0 Å². The van der Waals surface area contributed by atoms with Crippen molar-refractivity contribution in [2.75, 3.05) is 19.7 Å². The van der Waals surface area contributed by atoms with Gasteiger partial charge in [0.25, 0.3) is 5.91 Å². The number of rotatable bonds is 2. The van der Waals surface area contributed by atoms with Crippen molar-refractivity contribution in [1.82, 2.24) is 14.9 Å². The van der Waals surface area contributed by atoms with Crippen LogP contribution >= 0.6 is 0 Å². The first kappa shape index (κ1) is 13.1. The molecular formula is C15H19N3O2. The highest BCUT2D eigenvalue weighted by atomic mass is 16.5. The number of ether oxygens (including phenoxy) is 1. The molecule has 0 unspecified atom stereocenters. The first-order valence-electron chi connectivity index (χ1n) is 7.12. The molecule has 20 heavy (non-hydrogen) atoms. The molecule has 1 atom stereocenters. The highest BCUT2D eigenvalue weighted by Crippen LogP contribution is 2.19. The molecule has 0 saturated carbocycles. The zero-order valence-corrected chi connectivity index (χ0v) is 11.6. The first-order valence-corrected chi connectivity index (χ1v) is 7.12. The van der Waals surface area contributed by atoms with Crippen LogP contribution in [0.3, 0.4) is 0 Å². The number of carbonyl (C=O) groups is 1. The Bertz CT molecular complexity index is 608. The molecule has 3 heterocycles. The van der Waals surface area contributed by atoms with Crippen molar-refractivity contribution < 1.29 is 9.53 Å². The van der Waals surface area contributed by atoms with Crippen LogP contribution in [0.5, 0.6) is 0 Å². The van der Waals surface area contributed by atoms with Gasteiger partial charge in [0.05, 0.1) is 17.2 Å². The molecule has 1 aliphatic rings. The molecule has 5 heteroatoms. The number of hydrogen-bond donors (Lipinski definition) is 1. The monoisotopic (exact) mass is 273 g/mol. The zero-order chi connectivity index (χ0) is 13.9. The van der Waals surface area contributed by atoms with Gasteiger partial charge in [-0.15, -0.1) is 0 Å². The molecule has 2 aromatic rings. The van der Waals surface area contributed by atoms with Crippen LogP contribution in [0.2, 0.25) is 0 Å². The number of fused-ring (bicyclic) bond motifs is 1. The Morgan fingerprint density at radius 2 is 2.50 bits per heavy atom. The van der Waals surface area contributed by atoms with Crippen molar-refractivity contribution in [3.8, 4) is 0 Å². The Morgan fingerprint density at radius 3 is 3.35 bits per heavy atom. The predicted octanol–water partition coefficient (Wildman–Crippen LogP) is 2.20. The summed E-state index contributed by atoms with van der Waals surface area (Å²) >= 11 is 0. The van der Waals surface area contributed by atoms with E-state index in [9.17, 15) is 4.79 Å². The summed E-state index contributed by atoms with van der Waals surface area (Å²) in [7, 11) is 0. The quantitative estimate of drug-likeness (QED) is 0.912. The third kappa shape index (κ3) is 2.41. The summed E-state index contributed by atoms with van der Waals surface area (Å²) in [6.07, 6.45) is 5.42. The average Bonchev–Trinajstić information content (AvgIpc) is 2.76. The summed E-state index contributed by atoms with van der Waals surface area (Å²) in [5.74, 6) is 0.0406. The minimum atomic E-state index is 0.0406. The van der Waals surface area contributed by atoms with E-state index in [1.54, 1.807) is 12.4 Å². The van der Waals surface area contributed by atoms with Gasteiger partial charge in [-0.05, 0) is 25.0 Å². The van der Waals surface area contributed by atoms with Crippen LogP contribution in [-0.2, 0) is 4.74 Å². The number of aromatic nitrogens is 2. The van der Waals surface area contributed by atoms with E-state index in [1.165, 1.54) is 0 Å². The van der Waals surface area contributed by atoms with Gasteiger partial charge in [-0.1, -0.05) is 6.92 Å². The summed E-state index contributed by atoms with van der Waals surface area (Å²) in [5, 5.41) is 0. The summed E-state index contributed by atoms with van der Waals surface area (Å²) < 4.78 is 5.72. The molecule has 1 N–H and O–H groups in total. The fourth-order valence-electron chi connectivity index (χ4n) is 2.61. The SMILES string of the molecule is CC[C@@H]1CN(C(=O)c2c[nH]c3cccnc23)CCCO1. The minimum Gasteiger partial charge on any atom is -0.376 e. The Morgan fingerprint density at radius 1 is 1.60 bits per heavy atom. The number of aromatic amines is 1. The average molecular weight is 273 g/mol. The van der Waals surface area contributed by atoms with Crippen molar-refractivity contribution in [2.24, 2.45) is 0 Å². The molecule has 0 spiro atoms. The molecule has 0 aliphatic carbocycles. The first-order chi connectivity index (χ1) is 9.79.